The number of aryl methyl sites for hydroxylation is 1. The van der Waals surface area contributed by atoms with Crippen molar-refractivity contribution in [3.63, 3.8) is 0 Å². The van der Waals surface area contributed by atoms with Crippen LogP contribution < -0.4 is 5.32 Å². The van der Waals surface area contributed by atoms with Crippen molar-refractivity contribution < 1.29 is 4.79 Å². The number of fused-ring (bicyclic) bond motifs is 1. The van der Waals surface area contributed by atoms with Crippen LogP contribution in [0, 0.1) is 6.92 Å². The Balaban J connectivity index is 2.11. The molecule has 3 rings (SSSR count). The molecule has 0 saturated heterocycles. The summed E-state index contributed by atoms with van der Waals surface area (Å²) in [5.41, 5.74) is 2.96. The normalized spacial score (nSPS) is 15.9. The number of carbonyl (C=O) groups excluding carboxylic acids is 1. The second kappa shape index (κ2) is 4.23. The zero-order valence-electron chi connectivity index (χ0n) is 9.53. The molecular weight excluding hydrogens is 268 g/mol. The van der Waals surface area contributed by atoms with E-state index in [1.807, 2.05) is 37.3 Å². The molecule has 3 nitrogen and oxygen atoms in total. The van der Waals surface area contributed by atoms with Crippen molar-refractivity contribution >= 4 is 46.2 Å². The number of halogens is 1. The van der Waals surface area contributed by atoms with Crippen molar-refractivity contribution in [3.05, 3.63) is 44.9 Å². The Morgan fingerprint density at radius 3 is 2.89 bits per heavy atom. The standard InChI is InChI=1S/C13H9ClN2OS/c1-7-2-4-10-12(15-7)9(13(17)16-10)6-8-3-5-11(14)18-8/h2-6H,1H3,(H,16,17). The number of hydrogen-bond donors (Lipinski definition) is 1. The molecule has 0 unspecified atom stereocenters. The molecular formula is C13H9ClN2OS. The third-order valence-corrected chi connectivity index (χ3v) is 3.84. The van der Waals surface area contributed by atoms with Gasteiger partial charge >= 0.3 is 0 Å². The molecule has 1 aliphatic rings. The quantitative estimate of drug-likeness (QED) is 0.809. The van der Waals surface area contributed by atoms with Gasteiger partial charge in [-0.05, 0) is 37.3 Å². The number of aromatic nitrogens is 1. The topological polar surface area (TPSA) is 42.0 Å². The van der Waals surface area contributed by atoms with Gasteiger partial charge in [0.1, 0.15) is 0 Å². The number of carbonyl (C=O) groups is 1. The van der Waals surface area contributed by atoms with Crippen LogP contribution in [0.4, 0.5) is 5.69 Å². The Kier molecular flexibility index (Phi) is 2.69. The number of anilines is 1. The first-order valence-electron chi connectivity index (χ1n) is 5.40. The molecule has 1 aliphatic heterocycles. The van der Waals surface area contributed by atoms with Crippen molar-refractivity contribution in [1.82, 2.24) is 4.98 Å². The average Bonchev–Trinajstić information content (AvgIpc) is 2.86. The van der Waals surface area contributed by atoms with E-state index in [4.69, 9.17) is 11.6 Å². The van der Waals surface area contributed by atoms with E-state index in [1.54, 1.807) is 0 Å². The number of hydrogen-bond acceptors (Lipinski definition) is 3. The largest absolute Gasteiger partial charge is 0.320 e. The van der Waals surface area contributed by atoms with E-state index < -0.39 is 0 Å². The predicted molar refractivity (Wildman–Crippen MR) is 74.8 cm³/mol. The van der Waals surface area contributed by atoms with Gasteiger partial charge in [-0.2, -0.15) is 0 Å². The molecule has 0 atom stereocenters. The third kappa shape index (κ3) is 1.94. The molecule has 2 aromatic heterocycles. The lowest BCUT2D eigenvalue weighted by Crippen LogP contribution is -2.03. The first kappa shape index (κ1) is 11.4. The van der Waals surface area contributed by atoms with Crippen LogP contribution in [0.5, 0.6) is 0 Å². The molecule has 18 heavy (non-hydrogen) atoms. The molecule has 1 N–H and O–H groups in total. The summed E-state index contributed by atoms with van der Waals surface area (Å²) >= 11 is 7.32. The summed E-state index contributed by atoms with van der Waals surface area (Å²) in [5, 5.41) is 2.80. The number of pyridine rings is 1. The zero-order chi connectivity index (χ0) is 12.7. The monoisotopic (exact) mass is 276 g/mol. The average molecular weight is 277 g/mol. The number of amides is 1. The van der Waals surface area contributed by atoms with Crippen molar-refractivity contribution in [1.29, 1.82) is 0 Å². The van der Waals surface area contributed by atoms with Gasteiger partial charge in [0.25, 0.3) is 5.91 Å². The highest BCUT2D eigenvalue weighted by Gasteiger charge is 2.25. The second-order valence-electron chi connectivity index (χ2n) is 4.00. The van der Waals surface area contributed by atoms with Crippen LogP contribution in [-0.2, 0) is 4.79 Å². The molecule has 5 heteroatoms. The maximum Gasteiger partial charge on any atom is 0.258 e. The molecule has 0 aliphatic carbocycles. The Bertz CT molecular complexity index is 675. The molecule has 0 fully saturated rings. The molecule has 0 spiro atoms. The van der Waals surface area contributed by atoms with E-state index in [2.05, 4.69) is 10.3 Å². The summed E-state index contributed by atoms with van der Waals surface area (Å²) in [6.45, 7) is 1.91. The fourth-order valence-corrected chi connectivity index (χ4v) is 2.85. The molecule has 0 aromatic carbocycles. The van der Waals surface area contributed by atoms with Gasteiger partial charge in [-0.15, -0.1) is 11.3 Å². The van der Waals surface area contributed by atoms with E-state index in [1.165, 1.54) is 11.3 Å². The van der Waals surface area contributed by atoms with Gasteiger partial charge in [0.15, 0.2) is 0 Å². The molecule has 90 valence electrons. The number of thiophene rings is 1. The first-order valence-corrected chi connectivity index (χ1v) is 6.59. The Labute approximate surface area is 113 Å². The van der Waals surface area contributed by atoms with Crippen LogP contribution in [0.2, 0.25) is 4.34 Å². The molecule has 3 heterocycles. The number of nitrogens with one attached hydrogen (secondary N) is 1. The first-order chi connectivity index (χ1) is 8.63. The van der Waals surface area contributed by atoms with E-state index in [0.717, 1.165) is 16.3 Å². The predicted octanol–water partition coefficient (Wildman–Crippen LogP) is 3.60. The van der Waals surface area contributed by atoms with Gasteiger partial charge in [-0.3, -0.25) is 9.78 Å². The Hall–Kier alpha value is -1.65. The summed E-state index contributed by atoms with van der Waals surface area (Å²) in [4.78, 5) is 17.3. The van der Waals surface area contributed by atoms with Gasteiger partial charge in [0.2, 0.25) is 0 Å². The highest BCUT2D eigenvalue weighted by Crippen LogP contribution is 2.33. The summed E-state index contributed by atoms with van der Waals surface area (Å²) in [5.74, 6) is -0.118. The van der Waals surface area contributed by atoms with Crippen LogP contribution in [0.3, 0.4) is 0 Å². The van der Waals surface area contributed by atoms with Gasteiger partial charge < -0.3 is 5.32 Å². The van der Waals surface area contributed by atoms with Crippen molar-refractivity contribution in [3.8, 4) is 0 Å². The fraction of sp³-hybridized carbons (Fsp3) is 0.0769. The lowest BCUT2D eigenvalue weighted by atomic mass is 10.1. The van der Waals surface area contributed by atoms with Crippen molar-refractivity contribution in [2.45, 2.75) is 6.92 Å². The molecule has 2 aromatic rings. The third-order valence-electron chi connectivity index (χ3n) is 2.66. The maximum atomic E-state index is 11.9. The van der Waals surface area contributed by atoms with E-state index in [9.17, 15) is 4.79 Å². The Morgan fingerprint density at radius 1 is 1.33 bits per heavy atom. The van der Waals surface area contributed by atoms with Crippen LogP contribution >= 0.6 is 22.9 Å². The summed E-state index contributed by atoms with van der Waals surface area (Å²) in [7, 11) is 0. The molecule has 0 radical (unpaired) electrons. The van der Waals surface area contributed by atoms with Gasteiger partial charge in [0.05, 0.1) is 21.3 Å². The summed E-state index contributed by atoms with van der Waals surface area (Å²) in [6, 6.07) is 7.46. The molecule has 0 saturated carbocycles. The summed E-state index contributed by atoms with van der Waals surface area (Å²) < 4.78 is 0.706. The Morgan fingerprint density at radius 2 is 2.17 bits per heavy atom. The lowest BCUT2D eigenvalue weighted by Gasteiger charge is -1.98. The highest BCUT2D eigenvalue weighted by atomic mass is 35.5. The second-order valence-corrected chi connectivity index (χ2v) is 5.75. The number of rotatable bonds is 1. The van der Waals surface area contributed by atoms with Crippen molar-refractivity contribution in [2.75, 3.05) is 5.32 Å². The number of nitrogens with zero attached hydrogens (tertiary/aromatic N) is 1. The smallest absolute Gasteiger partial charge is 0.258 e. The van der Waals surface area contributed by atoms with Crippen LogP contribution in [0.15, 0.2) is 24.3 Å². The zero-order valence-corrected chi connectivity index (χ0v) is 11.1. The minimum atomic E-state index is -0.118. The summed E-state index contributed by atoms with van der Waals surface area (Å²) in [6.07, 6.45) is 1.82. The molecule has 1 amide bonds. The van der Waals surface area contributed by atoms with Crippen molar-refractivity contribution in [2.24, 2.45) is 0 Å². The minimum absolute atomic E-state index is 0.118. The molecule has 0 bridgehead atoms. The SMILES string of the molecule is Cc1ccc2c(n1)C(=Cc1ccc(Cl)s1)C(=O)N2. The van der Waals surface area contributed by atoms with E-state index in [0.29, 0.717) is 15.6 Å². The maximum absolute atomic E-state index is 11.9. The van der Waals surface area contributed by atoms with Crippen LogP contribution in [0.25, 0.3) is 11.6 Å². The van der Waals surface area contributed by atoms with Gasteiger partial charge in [-0.1, -0.05) is 11.6 Å². The lowest BCUT2D eigenvalue weighted by molar-refractivity contribution is -0.110. The van der Waals surface area contributed by atoms with Gasteiger partial charge in [-0.25, -0.2) is 0 Å². The highest BCUT2D eigenvalue weighted by molar-refractivity contribution is 7.17. The fourth-order valence-electron chi connectivity index (χ4n) is 1.84. The van der Waals surface area contributed by atoms with E-state index in [-0.39, 0.29) is 5.91 Å². The van der Waals surface area contributed by atoms with E-state index >= 15 is 0 Å². The minimum Gasteiger partial charge on any atom is -0.320 e. The van der Waals surface area contributed by atoms with Crippen LogP contribution in [0.1, 0.15) is 16.3 Å². The van der Waals surface area contributed by atoms with Gasteiger partial charge in [0, 0.05) is 10.6 Å². The van der Waals surface area contributed by atoms with Crippen LogP contribution in [-0.4, -0.2) is 10.9 Å².